The highest BCUT2D eigenvalue weighted by Gasteiger charge is 2.35. The van der Waals surface area contributed by atoms with Gasteiger partial charge in [-0.2, -0.15) is 0 Å². The first-order chi connectivity index (χ1) is 13.1. The minimum Gasteiger partial charge on any atom is -0.466 e. The summed E-state index contributed by atoms with van der Waals surface area (Å²) in [6.45, 7) is 2.29. The number of benzene rings is 1. The van der Waals surface area contributed by atoms with Gasteiger partial charge in [0.15, 0.2) is 0 Å². The fraction of sp³-hybridized carbons (Fsp3) is 0.565. The van der Waals surface area contributed by atoms with E-state index in [0.717, 1.165) is 56.2 Å². The molecule has 1 aromatic carbocycles. The van der Waals surface area contributed by atoms with Crippen molar-refractivity contribution in [3.05, 3.63) is 35.4 Å². The molecule has 0 saturated heterocycles. The smallest absolute Gasteiger partial charge is 0.309 e. The van der Waals surface area contributed by atoms with E-state index < -0.39 is 0 Å². The minimum absolute atomic E-state index is 0.0164. The number of hydrogen-bond acceptors (Lipinski definition) is 4. The molecule has 146 valence electrons. The largest absolute Gasteiger partial charge is 0.466 e. The number of allylic oxidation sites excluding steroid dienone is 2. The number of carbonyl (C=O) groups excluding carboxylic acids is 2. The van der Waals surface area contributed by atoms with Crippen LogP contribution in [0, 0.1) is 5.92 Å². The van der Waals surface area contributed by atoms with Crippen molar-refractivity contribution in [1.29, 1.82) is 0 Å². The van der Waals surface area contributed by atoms with Crippen molar-refractivity contribution in [2.24, 2.45) is 5.92 Å². The van der Waals surface area contributed by atoms with Gasteiger partial charge in [0, 0.05) is 12.7 Å². The summed E-state index contributed by atoms with van der Waals surface area (Å²) >= 11 is 0. The standard InChI is InChI=1S/C23H31NO3/c1-3-27-22(26)18-9-7-17(8-10-18)19-11-12-20(21(15-19)24-2)23(16-25)13-5-4-6-14-23/h7,11-12,15-16,18,24H,3-6,8-10,13-14H2,1-2H3. The molecule has 2 aliphatic carbocycles. The lowest BCUT2D eigenvalue weighted by atomic mass is 9.69. The maximum absolute atomic E-state index is 12.0. The first kappa shape index (κ1) is 19.7. The Morgan fingerprint density at radius 3 is 2.67 bits per heavy atom. The van der Waals surface area contributed by atoms with Crippen molar-refractivity contribution in [3.8, 4) is 0 Å². The van der Waals surface area contributed by atoms with Crippen molar-refractivity contribution in [1.82, 2.24) is 0 Å². The normalized spacial score (nSPS) is 21.9. The topological polar surface area (TPSA) is 55.4 Å². The molecular weight excluding hydrogens is 338 g/mol. The fourth-order valence-corrected chi connectivity index (χ4v) is 4.59. The zero-order valence-electron chi connectivity index (χ0n) is 16.6. The van der Waals surface area contributed by atoms with E-state index in [-0.39, 0.29) is 17.3 Å². The summed E-state index contributed by atoms with van der Waals surface area (Å²) in [6.07, 6.45) is 11.1. The number of ether oxygens (including phenoxy) is 1. The second kappa shape index (κ2) is 8.73. The zero-order chi connectivity index (χ0) is 19.3. The Labute approximate surface area is 162 Å². The molecule has 0 bridgehead atoms. The Morgan fingerprint density at radius 2 is 2.07 bits per heavy atom. The third kappa shape index (κ3) is 4.10. The van der Waals surface area contributed by atoms with Gasteiger partial charge in [-0.25, -0.2) is 0 Å². The predicted octanol–water partition coefficient (Wildman–Crippen LogP) is 4.88. The van der Waals surface area contributed by atoms with Crippen LogP contribution < -0.4 is 5.32 Å². The third-order valence-electron chi connectivity index (χ3n) is 6.20. The number of rotatable bonds is 6. The van der Waals surface area contributed by atoms with E-state index in [1.54, 1.807) is 0 Å². The summed E-state index contributed by atoms with van der Waals surface area (Å²) in [5.74, 6) is -0.0957. The molecule has 2 aliphatic rings. The van der Waals surface area contributed by atoms with Gasteiger partial charge in [0.1, 0.15) is 6.29 Å². The Morgan fingerprint density at radius 1 is 1.30 bits per heavy atom. The van der Waals surface area contributed by atoms with E-state index in [2.05, 4.69) is 29.6 Å². The van der Waals surface area contributed by atoms with E-state index in [4.69, 9.17) is 4.74 Å². The molecular formula is C23H31NO3. The molecule has 1 N–H and O–H groups in total. The second-order valence-electron chi connectivity index (χ2n) is 7.80. The second-order valence-corrected chi connectivity index (χ2v) is 7.80. The van der Waals surface area contributed by atoms with Gasteiger partial charge < -0.3 is 14.8 Å². The van der Waals surface area contributed by atoms with Gasteiger partial charge in [-0.1, -0.05) is 37.5 Å². The molecule has 0 spiro atoms. The van der Waals surface area contributed by atoms with Crippen LogP contribution in [-0.2, 0) is 19.7 Å². The first-order valence-electron chi connectivity index (χ1n) is 10.3. The molecule has 0 amide bonds. The molecule has 4 nitrogen and oxygen atoms in total. The lowest BCUT2D eigenvalue weighted by Gasteiger charge is -2.34. The van der Waals surface area contributed by atoms with Crippen LogP contribution in [0.3, 0.4) is 0 Å². The van der Waals surface area contributed by atoms with Gasteiger partial charge >= 0.3 is 5.97 Å². The van der Waals surface area contributed by atoms with E-state index >= 15 is 0 Å². The van der Waals surface area contributed by atoms with Gasteiger partial charge in [-0.15, -0.1) is 0 Å². The van der Waals surface area contributed by atoms with Gasteiger partial charge in [-0.05, 0) is 61.8 Å². The van der Waals surface area contributed by atoms with Crippen LogP contribution in [0.2, 0.25) is 0 Å². The predicted molar refractivity (Wildman–Crippen MR) is 109 cm³/mol. The Hall–Kier alpha value is -2.10. The molecule has 1 atom stereocenters. The monoisotopic (exact) mass is 369 g/mol. The van der Waals surface area contributed by atoms with Crippen molar-refractivity contribution in [3.63, 3.8) is 0 Å². The van der Waals surface area contributed by atoms with E-state index in [1.807, 2.05) is 14.0 Å². The zero-order valence-corrected chi connectivity index (χ0v) is 16.6. The molecule has 1 unspecified atom stereocenters. The SMILES string of the molecule is CCOC(=O)C1CC=C(c2ccc(C3(C=O)CCCCC3)c(NC)c2)CC1. The summed E-state index contributed by atoms with van der Waals surface area (Å²) < 4.78 is 5.15. The Kier molecular flexibility index (Phi) is 6.35. The summed E-state index contributed by atoms with van der Waals surface area (Å²) in [4.78, 5) is 23.9. The number of anilines is 1. The molecule has 0 aliphatic heterocycles. The average molecular weight is 370 g/mol. The van der Waals surface area contributed by atoms with E-state index in [9.17, 15) is 9.59 Å². The van der Waals surface area contributed by atoms with E-state index in [0.29, 0.717) is 6.61 Å². The average Bonchev–Trinajstić information content (AvgIpc) is 2.74. The van der Waals surface area contributed by atoms with E-state index in [1.165, 1.54) is 23.8 Å². The van der Waals surface area contributed by atoms with Crippen LogP contribution in [0.25, 0.3) is 5.57 Å². The number of nitrogens with one attached hydrogen (secondary N) is 1. The van der Waals surface area contributed by atoms with Crippen LogP contribution in [0.1, 0.15) is 69.4 Å². The number of esters is 1. The van der Waals surface area contributed by atoms with Gasteiger partial charge in [0.05, 0.1) is 17.9 Å². The maximum atomic E-state index is 12.0. The van der Waals surface area contributed by atoms with Crippen molar-refractivity contribution in [2.45, 2.75) is 63.7 Å². The maximum Gasteiger partial charge on any atom is 0.309 e. The highest BCUT2D eigenvalue weighted by molar-refractivity contribution is 5.79. The molecule has 0 aromatic heterocycles. The molecule has 27 heavy (non-hydrogen) atoms. The lowest BCUT2D eigenvalue weighted by molar-refractivity contribution is -0.148. The molecule has 1 aromatic rings. The van der Waals surface area contributed by atoms with Crippen molar-refractivity contribution >= 4 is 23.5 Å². The first-order valence-corrected chi connectivity index (χ1v) is 10.3. The fourth-order valence-electron chi connectivity index (χ4n) is 4.59. The third-order valence-corrected chi connectivity index (χ3v) is 6.20. The lowest BCUT2D eigenvalue weighted by Crippen LogP contribution is -2.31. The van der Waals surface area contributed by atoms with Crippen LogP contribution >= 0.6 is 0 Å². The number of aldehydes is 1. The van der Waals surface area contributed by atoms with Gasteiger partial charge in [0.25, 0.3) is 0 Å². The Bertz CT molecular complexity index is 716. The van der Waals surface area contributed by atoms with Crippen LogP contribution in [-0.4, -0.2) is 25.9 Å². The van der Waals surface area contributed by atoms with Crippen molar-refractivity contribution in [2.75, 3.05) is 19.0 Å². The highest BCUT2D eigenvalue weighted by atomic mass is 16.5. The highest BCUT2D eigenvalue weighted by Crippen LogP contribution is 2.42. The van der Waals surface area contributed by atoms with Gasteiger partial charge in [0.2, 0.25) is 0 Å². The van der Waals surface area contributed by atoms with Crippen LogP contribution in [0.4, 0.5) is 5.69 Å². The summed E-state index contributed by atoms with van der Waals surface area (Å²) in [5, 5.41) is 3.31. The molecule has 1 saturated carbocycles. The summed E-state index contributed by atoms with van der Waals surface area (Å²) in [5.41, 5.74) is 4.30. The molecule has 4 heteroatoms. The molecule has 0 heterocycles. The summed E-state index contributed by atoms with van der Waals surface area (Å²) in [6, 6.07) is 6.46. The molecule has 3 rings (SSSR count). The minimum atomic E-state index is -0.342. The molecule has 1 fully saturated rings. The molecule has 0 radical (unpaired) electrons. The Balaban J connectivity index is 1.82. The number of carbonyl (C=O) groups is 2. The van der Waals surface area contributed by atoms with Crippen LogP contribution in [0.15, 0.2) is 24.3 Å². The quantitative estimate of drug-likeness (QED) is 0.574. The summed E-state index contributed by atoms with van der Waals surface area (Å²) in [7, 11) is 1.93. The van der Waals surface area contributed by atoms with Crippen molar-refractivity contribution < 1.29 is 14.3 Å². The van der Waals surface area contributed by atoms with Crippen LogP contribution in [0.5, 0.6) is 0 Å². The van der Waals surface area contributed by atoms with Gasteiger partial charge in [-0.3, -0.25) is 4.79 Å². The number of hydrogen-bond donors (Lipinski definition) is 1.